The summed E-state index contributed by atoms with van der Waals surface area (Å²) in [4.78, 5) is 25.5. The summed E-state index contributed by atoms with van der Waals surface area (Å²) in [6.07, 6.45) is 13.1. The third-order valence-electron chi connectivity index (χ3n) is 6.33. The first kappa shape index (κ1) is 24.0. The molecule has 0 saturated heterocycles. The summed E-state index contributed by atoms with van der Waals surface area (Å²) in [5.41, 5.74) is 3.47. The lowest BCUT2D eigenvalue weighted by Gasteiger charge is -2.30. The minimum atomic E-state index is -0.488. The van der Waals surface area contributed by atoms with Gasteiger partial charge < -0.3 is 20.7 Å². The first-order valence-corrected chi connectivity index (χ1v) is 12.7. The Hall–Kier alpha value is -3.69. The van der Waals surface area contributed by atoms with Crippen molar-refractivity contribution in [2.24, 2.45) is 0 Å². The van der Waals surface area contributed by atoms with Gasteiger partial charge in [0, 0.05) is 36.6 Å². The van der Waals surface area contributed by atoms with Gasteiger partial charge in [-0.3, -0.25) is 0 Å². The highest BCUT2D eigenvalue weighted by Crippen LogP contribution is 2.25. The number of nitrogens with one attached hydrogen (secondary N) is 3. The molecule has 0 bridgehead atoms. The molecule has 10 heteroatoms. The van der Waals surface area contributed by atoms with Gasteiger partial charge in [0.25, 0.3) is 0 Å². The van der Waals surface area contributed by atoms with E-state index in [0.717, 1.165) is 67.8 Å². The Bertz CT molecular complexity index is 1240. The van der Waals surface area contributed by atoms with Crippen molar-refractivity contribution >= 4 is 23.5 Å². The highest BCUT2D eigenvalue weighted by atomic mass is 16.6. The van der Waals surface area contributed by atoms with Crippen molar-refractivity contribution in [3.63, 3.8) is 0 Å². The molecule has 36 heavy (non-hydrogen) atoms. The molecule has 3 N–H and O–H groups in total. The minimum absolute atomic E-state index is 0.136. The fourth-order valence-electron chi connectivity index (χ4n) is 4.38. The van der Waals surface area contributed by atoms with E-state index in [2.05, 4.69) is 37.0 Å². The average molecular weight is 491 g/mol. The summed E-state index contributed by atoms with van der Waals surface area (Å²) in [7, 11) is 0. The van der Waals surface area contributed by atoms with Gasteiger partial charge in [0.2, 0.25) is 5.95 Å². The maximum Gasteiger partial charge on any atom is 0.407 e. The molecule has 3 aromatic heterocycles. The lowest BCUT2D eigenvalue weighted by Crippen LogP contribution is -2.42. The number of carbonyl (C=O) groups excluding carboxylic acids is 1. The van der Waals surface area contributed by atoms with E-state index < -0.39 is 5.60 Å². The van der Waals surface area contributed by atoms with E-state index in [0.29, 0.717) is 12.0 Å². The molecular weight excluding hydrogens is 456 g/mol. The van der Waals surface area contributed by atoms with Crippen LogP contribution in [0.15, 0.2) is 42.4 Å². The van der Waals surface area contributed by atoms with E-state index >= 15 is 0 Å². The van der Waals surface area contributed by atoms with Crippen LogP contribution in [-0.4, -0.2) is 54.9 Å². The normalized spacial score (nSPS) is 19.5. The molecular formula is C26H34N8O2. The minimum Gasteiger partial charge on any atom is -0.444 e. The van der Waals surface area contributed by atoms with Gasteiger partial charge in [-0.1, -0.05) is 11.6 Å². The number of ether oxygens (including phenoxy) is 1. The van der Waals surface area contributed by atoms with E-state index in [1.807, 2.05) is 37.4 Å². The van der Waals surface area contributed by atoms with Crippen LogP contribution in [0.4, 0.5) is 16.6 Å². The van der Waals surface area contributed by atoms with Crippen LogP contribution in [0.3, 0.4) is 0 Å². The van der Waals surface area contributed by atoms with Crippen LogP contribution < -0.4 is 16.0 Å². The standard InChI is InChI=1S/C26H34N8O2/c1-26(2,3)36-25(35)32-20-8-6-19(7-9-20)31-22-10-11-23-28-16-21(34(23)33-22)18-14-29-24(30-15-18)27-13-12-17-4-5-17/h4,10-11,14-16,19-20H,5-9,12-13H2,1-3H3,(H,31,33)(H,32,35)(H,27,29,30). The van der Waals surface area contributed by atoms with Crippen molar-refractivity contribution in [1.82, 2.24) is 29.9 Å². The van der Waals surface area contributed by atoms with Gasteiger partial charge >= 0.3 is 6.09 Å². The molecule has 0 aliphatic heterocycles. The molecule has 10 nitrogen and oxygen atoms in total. The van der Waals surface area contributed by atoms with Gasteiger partial charge in [0.1, 0.15) is 11.4 Å². The molecule has 0 atom stereocenters. The third kappa shape index (κ3) is 6.30. The van der Waals surface area contributed by atoms with Crippen molar-refractivity contribution < 1.29 is 9.53 Å². The summed E-state index contributed by atoms with van der Waals surface area (Å²) < 4.78 is 7.20. The van der Waals surface area contributed by atoms with Crippen molar-refractivity contribution in [2.45, 2.75) is 77.0 Å². The molecule has 0 spiro atoms. The van der Waals surface area contributed by atoms with Gasteiger partial charge in [-0.25, -0.2) is 24.3 Å². The summed E-state index contributed by atoms with van der Waals surface area (Å²) >= 11 is 0. The van der Waals surface area contributed by atoms with Gasteiger partial charge in [0.15, 0.2) is 5.65 Å². The van der Waals surface area contributed by atoms with Crippen LogP contribution in [-0.2, 0) is 4.74 Å². The summed E-state index contributed by atoms with van der Waals surface area (Å²) in [6, 6.07) is 4.34. The molecule has 0 radical (unpaired) electrons. The van der Waals surface area contributed by atoms with Crippen molar-refractivity contribution in [2.75, 3.05) is 17.2 Å². The number of allylic oxidation sites excluding steroid dienone is 1. The van der Waals surface area contributed by atoms with Crippen molar-refractivity contribution in [1.29, 1.82) is 0 Å². The zero-order valence-electron chi connectivity index (χ0n) is 21.1. The maximum atomic E-state index is 12.1. The van der Waals surface area contributed by atoms with Crippen LogP contribution in [0.2, 0.25) is 0 Å². The predicted octanol–water partition coefficient (Wildman–Crippen LogP) is 4.57. The molecule has 0 unspecified atom stereocenters. The Morgan fingerprint density at radius 3 is 2.47 bits per heavy atom. The maximum absolute atomic E-state index is 12.1. The third-order valence-corrected chi connectivity index (χ3v) is 6.33. The van der Waals surface area contributed by atoms with Crippen LogP contribution in [0.1, 0.15) is 59.3 Å². The SMILES string of the molecule is CC(C)(C)OC(=O)NC1CCC(Nc2ccc3ncc(-c4cnc(NCCC5=CC5)nc4)n3n2)CC1. The smallest absolute Gasteiger partial charge is 0.407 e. The number of carbonyl (C=O) groups is 1. The zero-order valence-corrected chi connectivity index (χ0v) is 21.1. The molecule has 190 valence electrons. The number of anilines is 2. The average Bonchev–Trinajstić information content (AvgIpc) is 3.56. The highest BCUT2D eigenvalue weighted by molar-refractivity contribution is 5.68. The van der Waals surface area contributed by atoms with E-state index in [-0.39, 0.29) is 12.1 Å². The summed E-state index contributed by atoms with van der Waals surface area (Å²) in [6.45, 7) is 6.46. The zero-order chi connectivity index (χ0) is 25.1. The number of hydrogen-bond acceptors (Lipinski definition) is 8. The fourth-order valence-corrected chi connectivity index (χ4v) is 4.38. The van der Waals surface area contributed by atoms with E-state index in [1.165, 1.54) is 5.57 Å². The molecule has 1 amide bonds. The highest BCUT2D eigenvalue weighted by Gasteiger charge is 2.25. The fraction of sp³-hybridized carbons (Fsp3) is 0.500. The number of aromatic nitrogens is 5. The second kappa shape index (κ2) is 10.1. The molecule has 3 heterocycles. The number of imidazole rings is 1. The molecule has 2 aliphatic carbocycles. The monoisotopic (exact) mass is 490 g/mol. The van der Waals surface area contributed by atoms with Crippen LogP contribution in [0, 0.1) is 0 Å². The number of alkyl carbamates (subject to hydrolysis) is 1. The Labute approximate surface area is 211 Å². The Morgan fingerprint density at radius 1 is 1.06 bits per heavy atom. The Morgan fingerprint density at radius 2 is 1.78 bits per heavy atom. The molecule has 2 aliphatic rings. The largest absolute Gasteiger partial charge is 0.444 e. The number of amides is 1. The number of hydrogen-bond donors (Lipinski definition) is 3. The van der Waals surface area contributed by atoms with E-state index in [9.17, 15) is 4.79 Å². The molecule has 0 aromatic carbocycles. The molecule has 5 rings (SSSR count). The number of rotatable bonds is 8. The lowest BCUT2D eigenvalue weighted by molar-refractivity contribution is 0.0492. The van der Waals surface area contributed by atoms with Gasteiger partial charge in [0.05, 0.1) is 11.9 Å². The predicted molar refractivity (Wildman–Crippen MR) is 139 cm³/mol. The van der Waals surface area contributed by atoms with Gasteiger partial charge in [-0.2, -0.15) is 0 Å². The Kier molecular flexibility index (Phi) is 6.75. The van der Waals surface area contributed by atoms with Crippen molar-refractivity contribution in [3.8, 4) is 11.3 Å². The summed E-state index contributed by atoms with van der Waals surface area (Å²) in [5, 5.41) is 14.6. The van der Waals surface area contributed by atoms with E-state index in [4.69, 9.17) is 9.84 Å². The Balaban J connectivity index is 1.17. The quantitative estimate of drug-likeness (QED) is 0.393. The van der Waals surface area contributed by atoms with E-state index in [1.54, 1.807) is 18.6 Å². The molecule has 3 aromatic rings. The van der Waals surface area contributed by atoms with Gasteiger partial charge in [-0.15, -0.1) is 5.10 Å². The second-order valence-electron chi connectivity index (χ2n) is 10.5. The summed E-state index contributed by atoms with van der Waals surface area (Å²) in [5.74, 6) is 1.42. The van der Waals surface area contributed by atoms with Crippen LogP contribution >= 0.6 is 0 Å². The van der Waals surface area contributed by atoms with Crippen LogP contribution in [0.25, 0.3) is 16.9 Å². The van der Waals surface area contributed by atoms with Crippen LogP contribution in [0.5, 0.6) is 0 Å². The first-order valence-electron chi connectivity index (χ1n) is 12.7. The van der Waals surface area contributed by atoms with Crippen molar-refractivity contribution in [3.05, 3.63) is 42.4 Å². The lowest BCUT2D eigenvalue weighted by atomic mass is 9.91. The van der Waals surface area contributed by atoms with Gasteiger partial charge in [-0.05, 0) is 71.4 Å². The topological polar surface area (TPSA) is 118 Å². The molecule has 1 saturated carbocycles. The number of nitrogens with zero attached hydrogens (tertiary/aromatic N) is 5. The second-order valence-corrected chi connectivity index (χ2v) is 10.5. The number of fused-ring (bicyclic) bond motifs is 1. The first-order chi connectivity index (χ1) is 17.3. The molecule has 1 fully saturated rings.